The molecule has 1 aromatic carbocycles. The van der Waals surface area contributed by atoms with Crippen LogP contribution in [0.3, 0.4) is 0 Å². The fourth-order valence-corrected chi connectivity index (χ4v) is 2.42. The van der Waals surface area contributed by atoms with E-state index in [0.29, 0.717) is 36.4 Å². The number of hydrogen-bond acceptors (Lipinski definition) is 6. The Kier molecular flexibility index (Phi) is 6.56. The molecule has 1 aromatic heterocycles. The first-order chi connectivity index (χ1) is 12.1. The molecule has 0 unspecified atom stereocenters. The van der Waals surface area contributed by atoms with E-state index >= 15 is 0 Å². The second-order valence-electron chi connectivity index (χ2n) is 5.40. The number of hydrogen-bond donors (Lipinski definition) is 1. The third kappa shape index (κ3) is 4.82. The van der Waals surface area contributed by atoms with E-state index in [2.05, 4.69) is 10.5 Å². The summed E-state index contributed by atoms with van der Waals surface area (Å²) in [5, 5.41) is 6.51. The van der Waals surface area contributed by atoms with Crippen molar-refractivity contribution in [1.82, 2.24) is 10.5 Å². The van der Waals surface area contributed by atoms with Crippen LogP contribution in [-0.4, -0.2) is 37.3 Å². The van der Waals surface area contributed by atoms with Crippen molar-refractivity contribution in [2.75, 3.05) is 20.3 Å². The van der Waals surface area contributed by atoms with Crippen molar-refractivity contribution in [3.05, 3.63) is 46.8 Å². The van der Waals surface area contributed by atoms with Crippen molar-refractivity contribution >= 4 is 11.9 Å². The van der Waals surface area contributed by atoms with Crippen LogP contribution in [0.25, 0.3) is 0 Å². The summed E-state index contributed by atoms with van der Waals surface area (Å²) in [4.78, 5) is 23.9. The number of esters is 1. The molecule has 0 saturated heterocycles. The largest absolute Gasteiger partial charge is 0.496 e. The first-order valence-electron chi connectivity index (χ1n) is 8.07. The highest BCUT2D eigenvalue weighted by molar-refractivity contribution is 5.93. The number of ether oxygens (including phenoxy) is 2. The summed E-state index contributed by atoms with van der Waals surface area (Å²) >= 11 is 0. The lowest BCUT2D eigenvalue weighted by atomic mass is 10.1. The predicted molar refractivity (Wildman–Crippen MR) is 90.6 cm³/mol. The average Bonchev–Trinajstić information content (AvgIpc) is 3.00. The van der Waals surface area contributed by atoms with Crippen LogP contribution in [0.4, 0.5) is 0 Å². The molecule has 25 heavy (non-hydrogen) atoms. The SMILES string of the molecule is CCc1noc(C)c1C(=O)OCC(=O)NCCc1ccccc1OC. The zero-order valence-electron chi connectivity index (χ0n) is 14.6. The van der Waals surface area contributed by atoms with E-state index in [-0.39, 0.29) is 12.5 Å². The van der Waals surface area contributed by atoms with Gasteiger partial charge in [0.2, 0.25) is 0 Å². The molecule has 0 aliphatic heterocycles. The number of nitrogens with zero attached hydrogens (tertiary/aromatic N) is 1. The highest BCUT2D eigenvalue weighted by atomic mass is 16.5. The molecule has 7 heteroatoms. The Bertz CT molecular complexity index is 739. The van der Waals surface area contributed by atoms with E-state index in [0.717, 1.165) is 11.3 Å². The van der Waals surface area contributed by atoms with E-state index < -0.39 is 5.97 Å². The maximum atomic E-state index is 12.1. The van der Waals surface area contributed by atoms with E-state index in [4.69, 9.17) is 14.0 Å². The van der Waals surface area contributed by atoms with Gasteiger partial charge < -0.3 is 19.3 Å². The summed E-state index contributed by atoms with van der Waals surface area (Å²) in [7, 11) is 1.61. The standard InChI is InChI=1S/C18H22N2O5/c1-4-14-17(12(2)25-20-14)18(22)24-11-16(21)19-10-9-13-7-5-6-8-15(13)23-3/h5-8H,4,9-11H2,1-3H3,(H,19,21). The Morgan fingerprint density at radius 2 is 2.04 bits per heavy atom. The molecule has 0 bridgehead atoms. The van der Waals surface area contributed by atoms with Crippen LogP contribution in [0.5, 0.6) is 5.75 Å². The van der Waals surface area contributed by atoms with Gasteiger partial charge in [-0.2, -0.15) is 0 Å². The molecule has 0 aliphatic rings. The summed E-state index contributed by atoms with van der Waals surface area (Å²) < 4.78 is 15.3. The molecule has 0 atom stereocenters. The molecule has 2 aromatic rings. The maximum Gasteiger partial charge on any atom is 0.344 e. The second-order valence-corrected chi connectivity index (χ2v) is 5.40. The molecule has 0 aliphatic carbocycles. The Labute approximate surface area is 146 Å². The Hall–Kier alpha value is -2.83. The highest BCUT2D eigenvalue weighted by Crippen LogP contribution is 2.17. The topological polar surface area (TPSA) is 90.7 Å². The molecule has 1 amide bonds. The fraction of sp³-hybridized carbons (Fsp3) is 0.389. The molecule has 0 radical (unpaired) electrons. The number of aromatic nitrogens is 1. The van der Waals surface area contributed by atoms with Gasteiger partial charge in [-0.1, -0.05) is 30.3 Å². The highest BCUT2D eigenvalue weighted by Gasteiger charge is 2.21. The number of aryl methyl sites for hydroxylation is 2. The summed E-state index contributed by atoms with van der Waals surface area (Å²) in [6, 6.07) is 7.60. The van der Waals surface area contributed by atoms with Gasteiger partial charge in [0, 0.05) is 6.54 Å². The number of para-hydroxylation sites is 1. The Morgan fingerprint density at radius 3 is 2.76 bits per heavy atom. The second kappa shape index (κ2) is 8.86. The number of benzene rings is 1. The van der Waals surface area contributed by atoms with Crippen LogP contribution in [-0.2, 0) is 22.4 Å². The minimum Gasteiger partial charge on any atom is -0.496 e. The molecule has 0 spiro atoms. The number of methoxy groups -OCH3 is 1. The first-order valence-corrected chi connectivity index (χ1v) is 8.07. The zero-order valence-corrected chi connectivity index (χ0v) is 14.6. The molecule has 7 nitrogen and oxygen atoms in total. The van der Waals surface area contributed by atoms with Crippen molar-refractivity contribution in [3.63, 3.8) is 0 Å². The number of carbonyl (C=O) groups excluding carboxylic acids is 2. The number of carbonyl (C=O) groups is 2. The minimum atomic E-state index is -0.601. The Balaban J connectivity index is 1.79. The van der Waals surface area contributed by atoms with Gasteiger partial charge in [0.25, 0.3) is 5.91 Å². The molecule has 134 valence electrons. The molecular weight excluding hydrogens is 324 g/mol. The van der Waals surface area contributed by atoms with Gasteiger partial charge in [0.05, 0.1) is 12.8 Å². The lowest BCUT2D eigenvalue weighted by Crippen LogP contribution is -2.30. The van der Waals surface area contributed by atoms with Gasteiger partial charge in [0.15, 0.2) is 6.61 Å². The summed E-state index contributed by atoms with van der Waals surface area (Å²) in [6.45, 7) is 3.57. The van der Waals surface area contributed by atoms with Gasteiger partial charge >= 0.3 is 5.97 Å². The molecular formula is C18H22N2O5. The molecule has 2 rings (SSSR count). The fourth-order valence-electron chi connectivity index (χ4n) is 2.42. The van der Waals surface area contributed by atoms with Crippen LogP contribution < -0.4 is 10.1 Å². The molecule has 0 saturated carbocycles. The third-order valence-corrected chi connectivity index (χ3v) is 3.72. The van der Waals surface area contributed by atoms with Crippen molar-refractivity contribution in [3.8, 4) is 5.75 Å². The first kappa shape index (κ1) is 18.5. The predicted octanol–water partition coefficient (Wildman–Crippen LogP) is 2.07. The Morgan fingerprint density at radius 1 is 1.28 bits per heavy atom. The van der Waals surface area contributed by atoms with Crippen LogP contribution in [0.1, 0.15) is 34.3 Å². The molecule has 0 fully saturated rings. The van der Waals surface area contributed by atoms with Crippen LogP contribution in [0.2, 0.25) is 0 Å². The van der Waals surface area contributed by atoms with Crippen molar-refractivity contribution < 1.29 is 23.6 Å². The number of nitrogens with one attached hydrogen (secondary N) is 1. The number of amides is 1. The van der Waals surface area contributed by atoms with Crippen LogP contribution in [0.15, 0.2) is 28.8 Å². The molecule has 1 N–H and O–H groups in total. The lowest BCUT2D eigenvalue weighted by Gasteiger charge is -2.09. The van der Waals surface area contributed by atoms with Crippen molar-refractivity contribution in [2.45, 2.75) is 26.7 Å². The molecule has 1 heterocycles. The van der Waals surface area contributed by atoms with E-state index in [1.807, 2.05) is 31.2 Å². The average molecular weight is 346 g/mol. The van der Waals surface area contributed by atoms with Crippen molar-refractivity contribution in [2.24, 2.45) is 0 Å². The van der Waals surface area contributed by atoms with E-state index in [1.165, 1.54) is 0 Å². The summed E-state index contributed by atoms with van der Waals surface area (Å²) in [5.74, 6) is 0.197. The van der Waals surface area contributed by atoms with Crippen molar-refractivity contribution in [1.29, 1.82) is 0 Å². The normalized spacial score (nSPS) is 10.4. The van der Waals surface area contributed by atoms with E-state index in [9.17, 15) is 9.59 Å². The quantitative estimate of drug-likeness (QED) is 0.736. The third-order valence-electron chi connectivity index (χ3n) is 3.72. The van der Waals surface area contributed by atoms with Gasteiger partial charge in [-0.05, 0) is 31.4 Å². The van der Waals surface area contributed by atoms with Gasteiger partial charge in [-0.25, -0.2) is 4.79 Å². The van der Waals surface area contributed by atoms with Crippen LogP contribution in [0, 0.1) is 6.92 Å². The number of rotatable bonds is 8. The monoisotopic (exact) mass is 346 g/mol. The zero-order chi connectivity index (χ0) is 18.2. The smallest absolute Gasteiger partial charge is 0.344 e. The minimum absolute atomic E-state index is 0.296. The lowest BCUT2D eigenvalue weighted by molar-refractivity contribution is -0.124. The van der Waals surface area contributed by atoms with Gasteiger partial charge in [-0.15, -0.1) is 0 Å². The van der Waals surface area contributed by atoms with Crippen LogP contribution >= 0.6 is 0 Å². The van der Waals surface area contributed by atoms with Gasteiger partial charge in [0.1, 0.15) is 17.1 Å². The van der Waals surface area contributed by atoms with Gasteiger partial charge in [-0.3, -0.25) is 4.79 Å². The maximum absolute atomic E-state index is 12.1. The summed E-state index contributed by atoms with van der Waals surface area (Å²) in [5.41, 5.74) is 1.82. The van der Waals surface area contributed by atoms with E-state index in [1.54, 1.807) is 14.0 Å². The summed E-state index contributed by atoms with van der Waals surface area (Å²) in [6.07, 6.45) is 1.17.